The van der Waals surface area contributed by atoms with Crippen LogP contribution in [0, 0.1) is 6.92 Å². The highest BCUT2D eigenvalue weighted by Crippen LogP contribution is 2.45. The number of methoxy groups -OCH3 is 3. The molecule has 3 aromatic rings. The van der Waals surface area contributed by atoms with Crippen LogP contribution in [0.25, 0.3) is 0 Å². The molecule has 0 N–H and O–H groups in total. The van der Waals surface area contributed by atoms with Crippen LogP contribution in [-0.4, -0.2) is 35.7 Å². The molecule has 0 atom stereocenters. The van der Waals surface area contributed by atoms with E-state index in [0.29, 0.717) is 0 Å². The molecule has 0 aromatic heterocycles. The minimum absolute atomic E-state index is 0.00502. The first kappa shape index (κ1) is 25.6. The van der Waals surface area contributed by atoms with Crippen molar-refractivity contribution in [1.29, 1.82) is 0 Å². The molecule has 34 heavy (non-hydrogen) atoms. The molecule has 3 rings (SSSR count). The molecule has 0 bridgehead atoms. The second-order valence-electron chi connectivity index (χ2n) is 7.41. The summed E-state index contributed by atoms with van der Waals surface area (Å²) in [5.41, 5.74) is 2.16. The number of nitrogens with zero attached hydrogens (tertiary/aromatic N) is 1. The van der Waals surface area contributed by atoms with Crippen LogP contribution in [0.15, 0.2) is 64.0 Å². The van der Waals surface area contributed by atoms with E-state index in [1.807, 2.05) is 13.8 Å². The third-order valence-corrected chi connectivity index (χ3v) is 7.84. The Hall–Kier alpha value is -3.04. The van der Waals surface area contributed by atoms with E-state index in [2.05, 4.69) is 15.9 Å². The van der Waals surface area contributed by atoms with E-state index in [4.69, 9.17) is 14.2 Å². The summed E-state index contributed by atoms with van der Waals surface area (Å²) in [6.45, 7) is 3.85. The molecule has 0 radical (unpaired) electrons. The highest BCUT2D eigenvalue weighted by molar-refractivity contribution is 9.10. The van der Waals surface area contributed by atoms with Gasteiger partial charge in [0.15, 0.2) is 11.5 Å². The molecule has 1 amide bonds. The van der Waals surface area contributed by atoms with Gasteiger partial charge in [0, 0.05) is 0 Å². The average molecular weight is 548 g/mol. The van der Waals surface area contributed by atoms with Crippen molar-refractivity contribution in [3.63, 3.8) is 0 Å². The Balaban J connectivity index is 2.27. The molecule has 0 spiro atoms. The molecular weight excluding hydrogens is 522 g/mol. The molecule has 0 saturated carbocycles. The van der Waals surface area contributed by atoms with Gasteiger partial charge in [0.1, 0.15) is 0 Å². The van der Waals surface area contributed by atoms with Gasteiger partial charge in [0.25, 0.3) is 15.9 Å². The molecular formula is C25H26BrNO6S. The third kappa shape index (κ3) is 4.76. The van der Waals surface area contributed by atoms with Crippen LogP contribution in [0.4, 0.5) is 5.69 Å². The van der Waals surface area contributed by atoms with Crippen molar-refractivity contribution in [2.24, 2.45) is 0 Å². The quantitative estimate of drug-likeness (QED) is 0.376. The van der Waals surface area contributed by atoms with Crippen molar-refractivity contribution < 1.29 is 27.4 Å². The molecule has 0 saturated heterocycles. The first-order valence-electron chi connectivity index (χ1n) is 10.4. The number of hydrogen-bond donors (Lipinski definition) is 0. The van der Waals surface area contributed by atoms with Crippen molar-refractivity contribution in [2.75, 3.05) is 25.6 Å². The first-order chi connectivity index (χ1) is 16.2. The second kappa shape index (κ2) is 10.5. The monoisotopic (exact) mass is 547 g/mol. The standard InChI is InChI=1S/C25H26BrNO6S/c1-6-17-9-11-18(12-10-17)27(34(29,30)19-13-7-16(2)8-14-19)25(28)20-15-21(31-3)23(32-4)24(33-5)22(20)26/h7-15H,6H2,1-5H3. The lowest BCUT2D eigenvalue weighted by atomic mass is 10.1. The number of sulfonamides is 1. The zero-order valence-electron chi connectivity index (χ0n) is 19.6. The molecule has 7 nitrogen and oxygen atoms in total. The van der Waals surface area contributed by atoms with Gasteiger partial charge in [0.05, 0.1) is 41.9 Å². The summed E-state index contributed by atoms with van der Waals surface area (Å²) in [5, 5.41) is 0. The van der Waals surface area contributed by atoms with E-state index >= 15 is 0 Å². The number of rotatable bonds is 8. The lowest BCUT2D eigenvalue weighted by Gasteiger charge is -2.25. The Morgan fingerprint density at radius 2 is 1.50 bits per heavy atom. The van der Waals surface area contributed by atoms with Gasteiger partial charge >= 0.3 is 0 Å². The van der Waals surface area contributed by atoms with E-state index in [1.54, 1.807) is 36.4 Å². The maximum absolute atomic E-state index is 13.9. The van der Waals surface area contributed by atoms with Crippen molar-refractivity contribution in [3.05, 3.63) is 75.8 Å². The Bertz CT molecular complexity index is 1290. The summed E-state index contributed by atoms with van der Waals surface area (Å²) in [7, 11) is 0.0205. The van der Waals surface area contributed by atoms with Crippen LogP contribution < -0.4 is 18.5 Å². The van der Waals surface area contributed by atoms with Gasteiger partial charge in [-0.3, -0.25) is 4.79 Å². The summed E-state index contributed by atoms with van der Waals surface area (Å²) in [5.74, 6) is -0.0799. The Kier molecular flexibility index (Phi) is 7.89. The van der Waals surface area contributed by atoms with E-state index in [-0.39, 0.29) is 37.9 Å². The normalized spacial score (nSPS) is 11.1. The van der Waals surface area contributed by atoms with Crippen LogP contribution >= 0.6 is 15.9 Å². The van der Waals surface area contributed by atoms with Crippen LogP contribution in [0.3, 0.4) is 0 Å². The highest BCUT2D eigenvalue weighted by atomic mass is 79.9. The van der Waals surface area contributed by atoms with Crippen LogP contribution in [-0.2, 0) is 16.4 Å². The number of carbonyl (C=O) groups excluding carboxylic acids is 1. The fourth-order valence-electron chi connectivity index (χ4n) is 3.43. The summed E-state index contributed by atoms with van der Waals surface area (Å²) in [4.78, 5) is 13.9. The summed E-state index contributed by atoms with van der Waals surface area (Å²) < 4.78 is 44.7. The van der Waals surface area contributed by atoms with Gasteiger partial charge in [-0.05, 0) is 65.2 Å². The number of hydrogen-bond acceptors (Lipinski definition) is 6. The zero-order chi connectivity index (χ0) is 25.0. The van der Waals surface area contributed by atoms with Crippen LogP contribution in [0.2, 0.25) is 0 Å². The molecule has 0 unspecified atom stereocenters. The Labute approximate surface area is 208 Å². The number of ether oxygens (including phenoxy) is 3. The maximum Gasteiger partial charge on any atom is 0.273 e. The fraction of sp³-hybridized carbons (Fsp3) is 0.240. The van der Waals surface area contributed by atoms with Gasteiger partial charge in [-0.15, -0.1) is 0 Å². The lowest BCUT2D eigenvalue weighted by molar-refractivity contribution is 0.100. The predicted molar refractivity (Wildman–Crippen MR) is 135 cm³/mol. The highest BCUT2D eigenvalue weighted by Gasteiger charge is 2.35. The lowest BCUT2D eigenvalue weighted by Crippen LogP contribution is -2.37. The summed E-state index contributed by atoms with van der Waals surface area (Å²) >= 11 is 3.39. The average Bonchev–Trinajstić information content (AvgIpc) is 2.84. The molecule has 0 aliphatic carbocycles. The van der Waals surface area contributed by atoms with Crippen molar-refractivity contribution in [3.8, 4) is 17.2 Å². The first-order valence-corrected chi connectivity index (χ1v) is 12.7. The number of carbonyl (C=O) groups is 1. The van der Waals surface area contributed by atoms with E-state index in [9.17, 15) is 13.2 Å². The van der Waals surface area contributed by atoms with Gasteiger partial charge < -0.3 is 14.2 Å². The van der Waals surface area contributed by atoms with E-state index in [1.165, 1.54) is 39.5 Å². The topological polar surface area (TPSA) is 82.1 Å². The maximum atomic E-state index is 13.9. The van der Waals surface area contributed by atoms with Gasteiger partial charge in [-0.1, -0.05) is 36.8 Å². The fourth-order valence-corrected chi connectivity index (χ4v) is 5.47. The molecule has 9 heteroatoms. The van der Waals surface area contributed by atoms with Crippen molar-refractivity contribution >= 4 is 37.5 Å². The van der Waals surface area contributed by atoms with Crippen LogP contribution in [0.5, 0.6) is 17.2 Å². The molecule has 0 fully saturated rings. The molecule has 0 heterocycles. The molecule has 180 valence electrons. The predicted octanol–water partition coefficient (Wildman–Crippen LogP) is 5.38. The van der Waals surface area contributed by atoms with Crippen molar-refractivity contribution in [1.82, 2.24) is 0 Å². The van der Waals surface area contributed by atoms with Crippen molar-refractivity contribution in [2.45, 2.75) is 25.2 Å². The molecule has 0 aliphatic heterocycles. The van der Waals surface area contributed by atoms with Gasteiger partial charge in [-0.2, -0.15) is 4.31 Å². The Morgan fingerprint density at radius 1 is 0.912 bits per heavy atom. The van der Waals surface area contributed by atoms with Crippen LogP contribution in [0.1, 0.15) is 28.4 Å². The number of halogens is 1. The number of aryl methyl sites for hydroxylation is 2. The smallest absolute Gasteiger partial charge is 0.273 e. The van der Waals surface area contributed by atoms with E-state index in [0.717, 1.165) is 21.9 Å². The molecule has 0 aliphatic rings. The van der Waals surface area contributed by atoms with E-state index < -0.39 is 15.9 Å². The minimum atomic E-state index is -4.26. The second-order valence-corrected chi connectivity index (χ2v) is 9.99. The summed E-state index contributed by atoms with van der Waals surface area (Å²) in [6, 6.07) is 14.6. The third-order valence-electron chi connectivity index (χ3n) is 5.32. The number of anilines is 1. The largest absolute Gasteiger partial charge is 0.493 e. The number of benzene rings is 3. The van der Waals surface area contributed by atoms with Gasteiger partial charge in [-0.25, -0.2) is 8.42 Å². The summed E-state index contributed by atoms with van der Waals surface area (Å²) in [6.07, 6.45) is 0.775. The minimum Gasteiger partial charge on any atom is -0.493 e. The Morgan fingerprint density at radius 3 is 2.00 bits per heavy atom. The zero-order valence-corrected chi connectivity index (χ0v) is 22.0. The number of amides is 1. The van der Waals surface area contributed by atoms with Gasteiger partial charge in [0.2, 0.25) is 5.75 Å². The SMILES string of the molecule is CCc1ccc(N(C(=O)c2cc(OC)c(OC)c(OC)c2Br)S(=O)(=O)c2ccc(C)cc2)cc1. The molecule has 3 aromatic carbocycles.